The number of rotatable bonds is 16. The molecule has 0 aromatic heterocycles. The highest BCUT2D eigenvalue weighted by Crippen LogP contribution is 2.24. The molecule has 0 radical (unpaired) electrons. The van der Waals surface area contributed by atoms with Crippen LogP contribution in [0.5, 0.6) is 11.5 Å². The van der Waals surface area contributed by atoms with Gasteiger partial charge in [0, 0.05) is 19.5 Å². The SMILES string of the molecule is COc1cc(CN(CCCCC(=O)O)CCc2ccccc2OCc2ccc(-c3ccccc3)cc2)ccc1C(=O)O. The molecule has 0 bridgehead atoms. The fraction of sp³-hybridized carbons (Fsp3) is 0.257. The Balaban J connectivity index is 1.41. The molecule has 42 heavy (non-hydrogen) atoms. The van der Waals surface area contributed by atoms with Crippen molar-refractivity contribution in [3.63, 3.8) is 0 Å². The fourth-order valence-corrected chi connectivity index (χ4v) is 4.87. The smallest absolute Gasteiger partial charge is 0.339 e. The number of unbranched alkanes of at least 4 members (excludes halogenated alkanes) is 1. The van der Waals surface area contributed by atoms with Gasteiger partial charge in [0.1, 0.15) is 23.7 Å². The highest BCUT2D eigenvalue weighted by atomic mass is 16.5. The van der Waals surface area contributed by atoms with Crippen molar-refractivity contribution in [2.75, 3.05) is 20.2 Å². The average Bonchev–Trinajstić information content (AvgIpc) is 3.01. The van der Waals surface area contributed by atoms with E-state index in [9.17, 15) is 14.7 Å². The molecule has 0 aliphatic rings. The lowest BCUT2D eigenvalue weighted by Gasteiger charge is -2.23. The van der Waals surface area contributed by atoms with Gasteiger partial charge in [0.15, 0.2) is 0 Å². The van der Waals surface area contributed by atoms with E-state index in [1.807, 2.05) is 36.4 Å². The van der Waals surface area contributed by atoms with Crippen molar-refractivity contribution < 1.29 is 29.3 Å². The molecule has 0 saturated heterocycles. The van der Waals surface area contributed by atoms with Gasteiger partial charge in [0.05, 0.1) is 7.11 Å². The van der Waals surface area contributed by atoms with Crippen molar-refractivity contribution in [1.29, 1.82) is 0 Å². The maximum Gasteiger partial charge on any atom is 0.339 e. The van der Waals surface area contributed by atoms with Crippen LogP contribution in [-0.4, -0.2) is 47.3 Å². The van der Waals surface area contributed by atoms with E-state index >= 15 is 0 Å². The zero-order chi connectivity index (χ0) is 29.7. The van der Waals surface area contributed by atoms with Crippen molar-refractivity contribution >= 4 is 11.9 Å². The van der Waals surface area contributed by atoms with E-state index in [0.717, 1.165) is 41.8 Å². The molecule has 0 aliphatic carbocycles. The van der Waals surface area contributed by atoms with Crippen molar-refractivity contribution in [2.24, 2.45) is 0 Å². The molecule has 0 fully saturated rings. The minimum absolute atomic E-state index is 0.120. The van der Waals surface area contributed by atoms with Gasteiger partial charge < -0.3 is 19.7 Å². The standard InChI is InChI=1S/C35H37NO6/c1-41-33-23-27(16-19-31(33)35(39)40)24-36(21-8-7-13-34(37)38)22-20-30-11-5-6-12-32(30)42-25-26-14-17-29(18-15-26)28-9-3-2-4-10-28/h2-6,9-12,14-19,23H,7-8,13,20-22,24-25H2,1H3,(H,37,38)(H,39,40). The number of benzene rings is 4. The molecule has 0 aliphatic heterocycles. The van der Waals surface area contributed by atoms with Crippen LogP contribution in [-0.2, 0) is 24.4 Å². The van der Waals surface area contributed by atoms with Gasteiger partial charge in [-0.05, 0) is 71.8 Å². The molecule has 4 rings (SSSR count). The van der Waals surface area contributed by atoms with E-state index in [0.29, 0.717) is 31.9 Å². The Kier molecular flexibility index (Phi) is 11.1. The van der Waals surface area contributed by atoms with E-state index in [1.165, 1.54) is 18.2 Å². The Morgan fingerprint density at radius 2 is 1.43 bits per heavy atom. The van der Waals surface area contributed by atoms with Crippen LogP contribution in [0.4, 0.5) is 0 Å². The third-order valence-corrected chi connectivity index (χ3v) is 7.14. The predicted molar refractivity (Wildman–Crippen MR) is 163 cm³/mol. The molecular formula is C35H37NO6. The monoisotopic (exact) mass is 567 g/mol. The largest absolute Gasteiger partial charge is 0.496 e. The van der Waals surface area contributed by atoms with E-state index in [-0.39, 0.29) is 12.0 Å². The van der Waals surface area contributed by atoms with Crippen LogP contribution in [0.2, 0.25) is 0 Å². The molecule has 0 heterocycles. The Morgan fingerprint density at radius 1 is 0.738 bits per heavy atom. The zero-order valence-electron chi connectivity index (χ0n) is 23.9. The van der Waals surface area contributed by atoms with Crippen LogP contribution in [0, 0.1) is 0 Å². The number of hydrogen-bond donors (Lipinski definition) is 2. The molecule has 7 heteroatoms. The quantitative estimate of drug-likeness (QED) is 0.142. The van der Waals surface area contributed by atoms with Gasteiger partial charge in [0.2, 0.25) is 0 Å². The first-order chi connectivity index (χ1) is 20.4. The van der Waals surface area contributed by atoms with Crippen LogP contribution in [0.15, 0.2) is 97.1 Å². The predicted octanol–water partition coefficient (Wildman–Crippen LogP) is 6.94. The van der Waals surface area contributed by atoms with E-state index < -0.39 is 11.9 Å². The second-order valence-corrected chi connectivity index (χ2v) is 10.2. The van der Waals surface area contributed by atoms with Crippen molar-refractivity contribution in [3.8, 4) is 22.6 Å². The summed E-state index contributed by atoms with van der Waals surface area (Å²) in [7, 11) is 1.46. The summed E-state index contributed by atoms with van der Waals surface area (Å²) < 4.78 is 11.6. The lowest BCUT2D eigenvalue weighted by atomic mass is 10.0. The first kappa shape index (κ1) is 30.3. The van der Waals surface area contributed by atoms with Crippen LogP contribution in [0.1, 0.15) is 46.3 Å². The Hall–Kier alpha value is -4.62. The number of hydrogen-bond acceptors (Lipinski definition) is 5. The summed E-state index contributed by atoms with van der Waals surface area (Å²) in [6.45, 7) is 2.48. The lowest BCUT2D eigenvalue weighted by molar-refractivity contribution is -0.137. The van der Waals surface area contributed by atoms with Crippen molar-refractivity contribution in [2.45, 2.75) is 38.8 Å². The summed E-state index contributed by atoms with van der Waals surface area (Å²) in [6, 6.07) is 31.8. The zero-order valence-corrected chi connectivity index (χ0v) is 23.9. The summed E-state index contributed by atoms with van der Waals surface area (Å²) in [5.74, 6) is -0.673. The molecule has 2 N–H and O–H groups in total. The Morgan fingerprint density at radius 3 is 2.14 bits per heavy atom. The van der Waals surface area contributed by atoms with Gasteiger partial charge in [-0.15, -0.1) is 0 Å². The summed E-state index contributed by atoms with van der Waals surface area (Å²) in [6.07, 6.45) is 2.22. The first-order valence-electron chi connectivity index (χ1n) is 14.1. The highest BCUT2D eigenvalue weighted by Gasteiger charge is 2.14. The number of ether oxygens (including phenoxy) is 2. The van der Waals surface area contributed by atoms with Crippen molar-refractivity contribution in [3.05, 3.63) is 119 Å². The molecule has 7 nitrogen and oxygen atoms in total. The number of methoxy groups -OCH3 is 1. The molecule has 4 aromatic rings. The Labute approximate surface area is 247 Å². The first-order valence-corrected chi connectivity index (χ1v) is 14.1. The molecular weight excluding hydrogens is 530 g/mol. The van der Waals surface area contributed by atoms with Gasteiger partial charge in [-0.25, -0.2) is 4.79 Å². The molecule has 0 unspecified atom stereocenters. The minimum Gasteiger partial charge on any atom is -0.496 e. The highest BCUT2D eigenvalue weighted by molar-refractivity contribution is 5.91. The molecule has 218 valence electrons. The van der Waals surface area contributed by atoms with Crippen LogP contribution >= 0.6 is 0 Å². The topological polar surface area (TPSA) is 96.3 Å². The number of aliphatic carboxylic acids is 1. The molecule has 0 atom stereocenters. The molecule has 4 aromatic carbocycles. The summed E-state index contributed by atoms with van der Waals surface area (Å²) in [5, 5.41) is 18.5. The van der Waals surface area contributed by atoms with Crippen LogP contribution < -0.4 is 9.47 Å². The van der Waals surface area contributed by atoms with Crippen LogP contribution in [0.3, 0.4) is 0 Å². The Bertz CT molecular complexity index is 1450. The second kappa shape index (κ2) is 15.4. The third-order valence-electron chi connectivity index (χ3n) is 7.14. The summed E-state index contributed by atoms with van der Waals surface area (Å²) in [4.78, 5) is 24.8. The second-order valence-electron chi connectivity index (χ2n) is 10.2. The number of aromatic carboxylic acids is 1. The number of carboxylic acids is 2. The van der Waals surface area contributed by atoms with E-state index in [4.69, 9.17) is 14.6 Å². The summed E-state index contributed by atoms with van der Waals surface area (Å²) >= 11 is 0. The van der Waals surface area contributed by atoms with Gasteiger partial charge in [0.25, 0.3) is 0 Å². The maximum atomic E-state index is 11.5. The fourth-order valence-electron chi connectivity index (χ4n) is 4.87. The number of carboxylic acid groups (broad SMARTS) is 2. The lowest BCUT2D eigenvalue weighted by Crippen LogP contribution is -2.27. The van der Waals surface area contributed by atoms with Crippen molar-refractivity contribution in [1.82, 2.24) is 4.90 Å². The maximum absolute atomic E-state index is 11.5. The molecule has 0 saturated carbocycles. The molecule has 0 amide bonds. The van der Waals surface area contributed by atoms with E-state index in [2.05, 4.69) is 47.4 Å². The van der Waals surface area contributed by atoms with Gasteiger partial charge in [-0.3, -0.25) is 9.69 Å². The van der Waals surface area contributed by atoms with Gasteiger partial charge in [-0.2, -0.15) is 0 Å². The summed E-state index contributed by atoms with van der Waals surface area (Å²) in [5.41, 5.74) is 5.57. The van der Waals surface area contributed by atoms with Gasteiger partial charge >= 0.3 is 11.9 Å². The normalized spacial score (nSPS) is 10.9. The minimum atomic E-state index is -1.03. The number of para-hydroxylation sites is 1. The van der Waals surface area contributed by atoms with Crippen LogP contribution in [0.25, 0.3) is 11.1 Å². The average molecular weight is 568 g/mol. The van der Waals surface area contributed by atoms with Gasteiger partial charge in [-0.1, -0.05) is 78.9 Å². The third kappa shape index (κ3) is 8.94. The number of carbonyl (C=O) groups is 2. The molecule has 0 spiro atoms. The van der Waals surface area contributed by atoms with E-state index in [1.54, 1.807) is 18.2 Å². The number of nitrogens with zero attached hydrogens (tertiary/aromatic N) is 1.